The van der Waals surface area contributed by atoms with Crippen molar-refractivity contribution in [3.05, 3.63) is 89.2 Å². The Morgan fingerprint density at radius 1 is 0.860 bits per heavy atom. The summed E-state index contributed by atoms with van der Waals surface area (Å²) in [4.78, 5) is 46.8. The monoisotopic (exact) mass is 588 g/mol. The molecule has 3 aromatic rings. The summed E-state index contributed by atoms with van der Waals surface area (Å²) < 4.78 is 25.4. The molecule has 226 valence electrons. The van der Waals surface area contributed by atoms with Crippen molar-refractivity contribution < 1.29 is 28.2 Å². The number of alkyl halides is 1. The molecule has 2 aliphatic heterocycles. The van der Waals surface area contributed by atoms with Gasteiger partial charge in [0, 0.05) is 50.4 Å². The van der Waals surface area contributed by atoms with Crippen molar-refractivity contribution in [2.75, 3.05) is 40.4 Å². The molecular formula is C33H37FN4O5. The van der Waals surface area contributed by atoms with Gasteiger partial charge in [-0.3, -0.25) is 24.3 Å². The largest absolute Gasteiger partial charge is 0.497 e. The van der Waals surface area contributed by atoms with Crippen molar-refractivity contribution in [2.45, 2.75) is 38.0 Å². The summed E-state index contributed by atoms with van der Waals surface area (Å²) in [7, 11) is 3.20. The van der Waals surface area contributed by atoms with E-state index in [4.69, 9.17) is 9.47 Å². The molecule has 2 aromatic carbocycles. The molecule has 1 aromatic heterocycles. The zero-order chi connectivity index (χ0) is 30.3. The molecule has 2 aliphatic rings. The zero-order valence-electron chi connectivity index (χ0n) is 24.5. The number of methoxy groups -OCH3 is 2. The van der Waals surface area contributed by atoms with Crippen molar-refractivity contribution >= 4 is 17.6 Å². The van der Waals surface area contributed by atoms with Gasteiger partial charge in [-0.2, -0.15) is 0 Å². The minimum absolute atomic E-state index is 0.0710. The number of benzene rings is 2. The predicted molar refractivity (Wildman–Crippen MR) is 159 cm³/mol. The van der Waals surface area contributed by atoms with E-state index in [9.17, 15) is 14.4 Å². The molecule has 9 nitrogen and oxygen atoms in total. The minimum atomic E-state index is -1.20. The number of carbonyl (C=O) groups is 3. The van der Waals surface area contributed by atoms with Crippen LogP contribution in [0.2, 0.25) is 0 Å². The topological polar surface area (TPSA) is 101 Å². The second-order valence-electron chi connectivity index (χ2n) is 11.1. The number of hydrogen-bond acceptors (Lipinski definition) is 7. The van der Waals surface area contributed by atoms with Crippen LogP contribution >= 0.6 is 0 Å². The summed E-state index contributed by atoms with van der Waals surface area (Å²) in [6, 6.07) is 17.2. The highest BCUT2D eigenvalue weighted by Gasteiger charge is 2.31. The molecule has 1 unspecified atom stereocenters. The number of nitrogens with zero attached hydrogens (tertiary/aromatic N) is 3. The molecule has 2 fully saturated rings. The summed E-state index contributed by atoms with van der Waals surface area (Å²) in [5, 5.41) is 2.80. The number of hydrogen-bond donors (Lipinski definition) is 1. The lowest BCUT2D eigenvalue weighted by atomic mass is 9.88. The first-order valence-electron chi connectivity index (χ1n) is 14.6. The van der Waals surface area contributed by atoms with E-state index in [0.717, 1.165) is 11.3 Å². The number of ether oxygens (including phenoxy) is 2. The Balaban J connectivity index is 1.08. The molecule has 5 rings (SSSR count). The van der Waals surface area contributed by atoms with Gasteiger partial charge in [-0.1, -0.05) is 12.1 Å². The first-order chi connectivity index (χ1) is 20.8. The second-order valence-corrected chi connectivity index (χ2v) is 11.1. The van der Waals surface area contributed by atoms with Crippen LogP contribution in [0.3, 0.4) is 0 Å². The maximum Gasteiger partial charge on any atom is 0.272 e. The predicted octanol–water partition coefficient (Wildman–Crippen LogP) is 4.18. The van der Waals surface area contributed by atoms with Crippen LogP contribution in [0.5, 0.6) is 11.5 Å². The first-order valence-corrected chi connectivity index (χ1v) is 14.6. The van der Waals surface area contributed by atoms with Gasteiger partial charge >= 0.3 is 0 Å². The maximum absolute atomic E-state index is 15.0. The van der Waals surface area contributed by atoms with Gasteiger partial charge in [0.2, 0.25) is 0 Å². The maximum atomic E-state index is 15.0. The number of piperidine rings is 2. The average Bonchev–Trinajstić information content (AvgIpc) is 3.06. The van der Waals surface area contributed by atoms with Gasteiger partial charge in [0.05, 0.1) is 25.8 Å². The number of halogens is 1. The zero-order valence-corrected chi connectivity index (χ0v) is 24.5. The molecule has 43 heavy (non-hydrogen) atoms. The highest BCUT2D eigenvalue weighted by molar-refractivity contribution is 5.99. The molecule has 10 heteroatoms. The summed E-state index contributed by atoms with van der Waals surface area (Å²) in [5.41, 5.74) is 2.21. The fraction of sp³-hybridized carbons (Fsp3) is 0.394. The number of Topliss-reactive ketones (excluding diaryl/α,β-unsaturated/α-hetero) is 1. The van der Waals surface area contributed by atoms with E-state index in [1.54, 1.807) is 49.5 Å². The van der Waals surface area contributed by atoms with Crippen molar-refractivity contribution in [3.63, 3.8) is 0 Å². The Morgan fingerprint density at radius 2 is 1.49 bits per heavy atom. The van der Waals surface area contributed by atoms with Crippen molar-refractivity contribution in [1.29, 1.82) is 0 Å². The fourth-order valence-electron chi connectivity index (χ4n) is 5.67. The molecule has 0 saturated carbocycles. The number of amides is 2. The number of pyridine rings is 1. The average molecular weight is 589 g/mol. The molecule has 0 bridgehead atoms. The standard InChI is InChI=1S/C33H37FN4O5/c1-42-26-8-3-22(4-9-26)20-37-16-15-29(28(34)21-37)36-32(40)25-7-12-30(35-19-25)33(41)38-17-13-24(14-18-38)31(39)23-5-10-27(43-2)11-6-23/h3-12,19,24,28-29H,13-18,20-21H2,1-2H3,(H,36,40)/t28-,29?/m1/s1. The van der Waals surface area contributed by atoms with Crippen LogP contribution in [0.1, 0.15) is 56.0 Å². The summed E-state index contributed by atoms with van der Waals surface area (Å²) in [6.45, 7) is 2.41. The lowest BCUT2D eigenvalue weighted by Gasteiger charge is -2.35. The molecule has 0 spiro atoms. The molecule has 0 radical (unpaired) electrons. The van der Waals surface area contributed by atoms with Crippen LogP contribution in [0.4, 0.5) is 4.39 Å². The SMILES string of the molecule is COc1ccc(CN2CCC(NC(=O)c3ccc(C(=O)N4CCC(C(=O)c5ccc(OC)cc5)CC4)nc3)[C@H](F)C2)cc1. The third kappa shape index (κ3) is 7.37. The van der Waals surface area contributed by atoms with Gasteiger partial charge in [-0.05, 0) is 73.4 Å². The molecule has 0 aliphatic carbocycles. The molecular weight excluding hydrogens is 551 g/mol. The van der Waals surface area contributed by atoms with E-state index in [1.807, 2.05) is 29.2 Å². The second kappa shape index (κ2) is 13.8. The van der Waals surface area contributed by atoms with E-state index >= 15 is 4.39 Å². The normalized spacial score (nSPS) is 19.5. The molecule has 2 amide bonds. The van der Waals surface area contributed by atoms with Gasteiger partial charge < -0.3 is 19.7 Å². The van der Waals surface area contributed by atoms with E-state index in [-0.39, 0.29) is 35.4 Å². The molecule has 1 N–H and O–H groups in total. The number of nitrogens with one attached hydrogen (secondary N) is 1. The first kappa shape index (κ1) is 30.2. The highest BCUT2D eigenvalue weighted by Crippen LogP contribution is 2.24. The Bertz CT molecular complexity index is 1410. The number of carbonyl (C=O) groups excluding carboxylic acids is 3. The van der Waals surface area contributed by atoms with Gasteiger partial charge in [0.25, 0.3) is 11.8 Å². The van der Waals surface area contributed by atoms with E-state index < -0.39 is 18.1 Å². The van der Waals surface area contributed by atoms with Gasteiger partial charge in [-0.15, -0.1) is 0 Å². The fourth-order valence-corrected chi connectivity index (χ4v) is 5.67. The van der Waals surface area contributed by atoms with Crippen molar-refractivity contribution in [2.24, 2.45) is 5.92 Å². The summed E-state index contributed by atoms with van der Waals surface area (Å²) >= 11 is 0. The van der Waals surface area contributed by atoms with Gasteiger partial charge in [0.1, 0.15) is 23.4 Å². The minimum Gasteiger partial charge on any atom is -0.497 e. The van der Waals surface area contributed by atoms with Gasteiger partial charge in [0.15, 0.2) is 5.78 Å². The Kier molecular flexibility index (Phi) is 9.66. The number of aromatic nitrogens is 1. The van der Waals surface area contributed by atoms with E-state index in [2.05, 4.69) is 10.3 Å². The quantitative estimate of drug-likeness (QED) is 0.375. The Hall–Kier alpha value is -4.31. The number of rotatable bonds is 9. The molecule has 2 atom stereocenters. The van der Waals surface area contributed by atoms with Crippen LogP contribution < -0.4 is 14.8 Å². The van der Waals surface area contributed by atoms with Crippen LogP contribution in [0, 0.1) is 5.92 Å². The van der Waals surface area contributed by atoms with Crippen molar-refractivity contribution in [3.8, 4) is 11.5 Å². The van der Waals surface area contributed by atoms with Gasteiger partial charge in [-0.25, -0.2) is 4.39 Å². The lowest BCUT2D eigenvalue weighted by molar-refractivity contribution is 0.0645. The van der Waals surface area contributed by atoms with Crippen LogP contribution in [-0.2, 0) is 6.54 Å². The van der Waals surface area contributed by atoms with E-state index in [0.29, 0.717) is 56.8 Å². The molecule has 2 saturated heterocycles. The Morgan fingerprint density at radius 3 is 2.07 bits per heavy atom. The summed E-state index contributed by atoms with van der Waals surface area (Å²) in [6.07, 6.45) is 1.78. The van der Waals surface area contributed by atoms with Crippen LogP contribution in [0.15, 0.2) is 66.9 Å². The number of ketones is 1. The smallest absolute Gasteiger partial charge is 0.272 e. The molecule has 3 heterocycles. The highest BCUT2D eigenvalue weighted by atomic mass is 19.1. The number of likely N-dealkylation sites (tertiary alicyclic amines) is 2. The van der Waals surface area contributed by atoms with Crippen LogP contribution in [0.25, 0.3) is 0 Å². The Labute approximate surface area is 251 Å². The van der Waals surface area contributed by atoms with Crippen LogP contribution in [-0.4, -0.2) is 85.0 Å². The third-order valence-corrected chi connectivity index (χ3v) is 8.28. The lowest BCUT2D eigenvalue weighted by Crippen LogP contribution is -2.52. The summed E-state index contributed by atoms with van der Waals surface area (Å²) in [5.74, 6) is 0.740. The van der Waals surface area contributed by atoms with E-state index in [1.165, 1.54) is 12.3 Å². The van der Waals surface area contributed by atoms with Crippen molar-refractivity contribution in [1.82, 2.24) is 20.1 Å². The third-order valence-electron chi connectivity index (χ3n) is 8.28.